The Morgan fingerprint density at radius 3 is 2.43 bits per heavy atom. The molecule has 1 aliphatic heterocycles. The molecule has 2 aliphatic rings. The molecule has 1 aromatic heterocycles. The van der Waals surface area contributed by atoms with Crippen LogP contribution in [0.4, 0.5) is 13.2 Å². The second-order valence-electron chi connectivity index (χ2n) is 11.4. The van der Waals surface area contributed by atoms with Crippen LogP contribution in [0.2, 0.25) is 0 Å². The molecule has 5 rings (SSSR count). The summed E-state index contributed by atoms with van der Waals surface area (Å²) in [6, 6.07) is 9.40. The molecule has 7 heteroatoms. The first-order valence-corrected chi connectivity index (χ1v) is 13.3. The van der Waals surface area contributed by atoms with Gasteiger partial charge in [0.05, 0.1) is 12.6 Å². The van der Waals surface area contributed by atoms with Crippen molar-refractivity contribution >= 4 is 17.2 Å². The highest BCUT2D eigenvalue weighted by Gasteiger charge is 2.41. The number of carbonyl (C=O) groups excluding carboxylic acids is 1. The van der Waals surface area contributed by atoms with E-state index >= 15 is 8.78 Å². The second kappa shape index (κ2) is 10.2. The number of ether oxygens (including phenoxy) is 1. The first kappa shape index (κ1) is 25.8. The average Bonchev–Trinajstić information content (AvgIpc) is 3.21. The van der Waals surface area contributed by atoms with Crippen molar-refractivity contribution in [3.05, 3.63) is 64.9 Å². The fourth-order valence-corrected chi connectivity index (χ4v) is 6.11. The lowest BCUT2D eigenvalue weighted by atomic mass is 9.83. The van der Waals surface area contributed by atoms with Gasteiger partial charge in [0.1, 0.15) is 29.3 Å². The van der Waals surface area contributed by atoms with Gasteiger partial charge in [0, 0.05) is 52.8 Å². The molecule has 4 nitrogen and oxygen atoms in total. The third-order valence-electron chi connectivity index (χ3n) is 7.97. The van der Waals surface area contributed by atoms with Crippen LogP contribution in [0, 0.1) is 23.5 Å². The minimum atomic E-state index is -1.55. The van der Waals surface area contributed by atoms with E-state index in [9.17, 15) is 9.18 Å². The number of hydrogen-bond donors (Lipinski definition) is 1. The minimum absolute atomic E-state index is 0.0359. The van der Waals surface area contributed by atoms with Crippen LogP contribution in [0.5, 0.6) is 5.75 Å². The molecule has 1 fully saturated rings. The molecule has 1 aliphatic carbocycles. The van der Waals surface area contributed by atoms with Crippen LogP contribution in [-0.2, 0) is 11.2 Å². The summed E-state index contributed by atoms with van der Waals surface area (Å²) in [4.78, 5) is 16.2. The number of fused-ring (bicyclic) bond motifs is 3. The normalized spacial score (nSPS) is 24.7. The van der Waals surface area contributed by atoms with Gasteiger partial charge in [-0.25, -0.2) is 13.2 Å². The third-order valence-corrected chi connectivity index (χ3v) is 7.97. The topological polar surface area (TPSA) is 45.3 Å². The summed E-state index contributed by atoms with van der Waals surface area (Å²) < 4.78 is 52.2. The highest BCUT2D eigenvalue weighted by molar-refractivity contribution is 5.85. The lowest BCUT2D eigenvalue weighted by Crippen LogP contribution is -2.48. The summed E-state index contributed by atoms with van der Waals surface area (Å²) in [5, 5.41) is 1.03. The van der Waals surface area contributed by atoms with Gasteiger partial charge in [-0.05, 0) is 70.4 Å². The molecule has 0 amide bonds. The van der Waals surface area contributed by atoms with Crippen LogP contribution in [0.25, 0.3) is 10.9 Å². The predicted molar refractivity (Wildman–Crippen MR) is 139 cm³/mol. The number of carbonyl (C=O) groups is 1. The predicted octanol–water partition coefficient (Wildman–Crippen LogP) is 6.91. The fraction of sp³-hybridized carbons (Fsp3) is 0.500. The van der Waals surface area contributed by atoms with Gasteiger partial charge in [0.15, 0.2) is 0 Å². The van der Waals surface area contributed by atoms with Crippen molar-refractivity contribution in [2.75, 3.05) is 13.2 Å². The molecule has 1 N–H and O–H groups in total. The van der Waals surface area contributed by atoms with Gasteiger partial charge in [-0.15, -0.1) is 0 Å². The van der Waals surface area contributed by atoms with Crippen molar-refractivity contribution in [3.8, 4) is 5.75 Å². The summed E-state index contributed by atoms with van der Waals surface area (Å²) in [6.07, 6.45) is 5.05. The highest BCUT2D eigenvalue weighted by Crippen LogP contribution is 2.44. The molecular formula is C30H35F3N2O2. The van der Waals surface area contributed by atoms with E-state index in [1.165, 1.54) is 26.0 Å². The number of nitrogens with zero attached hydrogens (tertiary/aromatic N) is 1. The number of benzene rings is 2. The van der Waals surface area contributed by atoms with E-state index in [-0.39, 0.29) is 35.7 Å². The molecule has 0 unspecified atom stereocenters. The Morgan fingerprint density at radius 2 is 1.78 bits per heavy atom. The smallest absolute Gasteiger partial charge is 0.135 e. The lowest BCUT2D eigenvalue weighted by molar-refractivity contribution is -0.112. The zero-order valence-electron chi connectivity index (χ0n) is 21.7. The van der Waals surface area contributed by atoms with E-state index in [0.29, 0.717) is 18.7 Å². The highest BCUT2D eigenvalue weighted by atomic mass is 19.1. The molecule has 1 saturated carbocycles. The molecule has 2 atom stereocenters. The van der Waals surface area contributed by atoms with Crippen molar-refractivity contribution in [1.82, 2.24) is 9.88 Å². The molecular weight excluding hydrogens is 477 g/mol. The van der Waals surface area contributed by atoms with Crippen LogP contribution in [-0.4, -0.2) is 41.0 Å². The van der Waals surface area contributed by atoms with E-state index in [4.69, 9.17) is 4.74 Å². The molecule has 0 radical (unpaired) electrons. The van der Waals surface area contributed by atoms with Crippen LogP contribution >= 0.6 is 0 Å². The zero-order chi connectivity index (χ0) is 26.3. The number of H-pyrrole nitrogens is 1. The SMILES string of the molecule is C[C@@H]1Cc2c([nH]c3ccccc23)[C@@H](c2c(F)cc(OCC3CCC(C=O)CC3)cc2F)N1CC(C)(C)F. The fourth-order valence-electron chi connectivity index (χ4n) is 6.11. The van der Waals surface area contributed by atoms with Gasteiger partial charge in [0.25, 0.3) is 0 Å². The Kier molecular flexibility index (Phi) is 7.10. The third kappa shape index (κ3) is 5.28. The maximum Gasteiger partial charge on any atom is 0.135 e. The quantitative estimate of drug-likeness (QED) is 0.350. The number of hydrogen-bond acceptors (Lipinski definition) is 3. The molecule has 2 heterocycles. The number of aromatic amines is 1. The van der Waals surface area contributed by atoms with Gasteiger partial charge < -0.3 is 14.5 Å². The maximum absolute atomic E-state index is 15.7. The standard InChI is InChI=1S/C30H35F3N2O2/c1-18-12-23-22-6-4-5-7-26(22)34-28(23)29(35(18)17-30(2,3)33)27-24(31)13-21(14-25(27)32)37-16-20-10-8-19(15-36)9-11-20/h4-7,13-15,18-20,29,34H,8-12,16-17H2,1-3H3/t18-,19?,20?,29-/m1/s1. The van der Waals surface area contributed by atoms with Gasteiger partial charge in [-0.1, -0.05) is 18.2 Å². The van der Waals surface area contributed by atoms with E-state index < -0.39 is 23.3 Å². The number of rotatable bonds is 7. The number of nitrogens with one attached hydrogen (secondary N) is 1. The Morgan fingerprint density at radius 1 is 1.11 bits per heavy atom. The summed E-state index contributed by atoms with van der Waals surface area (Å²) in [5.74, 6) is -0.892. The molecule has 0 spiro atoms. The van der Waals surface area contributed by atoms with Crippen LogP contribution in [0.15, 0.2) is 36.4 Å². The number of alkyl halides is 1. The second-order valence-corrected chi connectivity index (χ2v) is 11.4. The Bertz CT molecular complexity index is 1250. The van der Waals surface area contributed by atoms with Crippen molar-refractivity contribution in [2.24, 2.45) is 11.8 Å². The van der Waals surface area contributed by atoms with Crippen molar-refractivity contribution in [3.63, 3.8) is 0 Å². The minimum Gasteiger partial charge on any atom is -0.493 e. The first-order valence-electron chi connectivity index (χ1n) is 13.3. The monoisotopic (exact) mass is 512 g/mol. The van der Waals surface area contributed by atoms with Gasteiger partial charge in [-0.2, -0.15) is 0 Å². The van der Waals surface area contributed by atoms with E-state index in [1.54, 1.807) is 0 Å². The molecule has 0 saturated heterocycles. The number of para-hydroxylation sites is 1. The van der Waals surface area contributed by atoms with Crippen LogP contribution in [0.3, 0.4) is 0 Å². The molecule has 3 aromatic rings. The average molecular weight is 513 g/mol. The van der Waals surface area contributed by atoms with Crippen molar-refractivity contribution in [2.45, 2.75) is 70.6 Å². The molecule has 37 heavy (non-hydrogen) atoms. The Balaban J connectivity index is 1.48. The first-order chi connectivity index (χ1) is 17.6. The van der Waals surface area contributed by atoms with E-state index in [2.05, 4.69) is 4.98 Å². The summed E-state index contributed by atoms with van der Waals surface area (Å²) in [7, 11) is 0. The Hall–Kier alpha value is -2.80. The van der Waals surface area contributed by atoms with E-state index in [0.717, 1.165) is 48.4 Å². The molecule has 2 aromatic carbocycles. The zero-order valence-corrected chi connectivity index (χ0v) is 21.7. The van der Waals surface area contributed by atoms with E-state index in [1.807, 2.05) is 36.1 Å². The van der Waals surface area contributed by atoms with Gasteiger partial charge >= 0.3 is 0 Å². The molecule has 0 bridgehead atoms. The molecule has 198 valence electrons. The largest absolute Gasteiger partial charge is 0.493 e. The van der Waals surface area contributed by atoms with Crippen molar-refractivity contribution in [1.29, 1.82) is 0 Å². The van der Waals surface area contributed by atoms with Gasteiger partial charge in [-0.3, -0.25) is 4.90 Å². The van der Waals surface area contributed by atoms with Crippen LogP contribution in [0.1, 0.15) is 69.3 Å². The summed E-state index contributed by atoms with van der Waals surface area (Å²) in [5.41, 5.74) is 0.987. The Labute approximate surface area is 216 Å². The lowest BCUT2D eigenvalue weighted by Gasteiger charge is -2.43. The number of aromatic nitrogens is 1. The number of halogens is 3. The van der Waals surface area contributed by atoms with Crippen molar-refractivity contribution < 1.29 is 22.7 Å². The summed E-state index contributed by atoms with van der Waals surface area (Å²) in [6.45, 7) is 5.36. The maximum atomic E-state index is 15.7. The van der Waals surface area contributed by atoms with Gasteiger partial charge in [0.2, 0.25) is 0 Å². The summed E-state index contributed by atoms with van der Waals surface area (Å²) >= 11 is 0. The number of aldehydes is 1. The van der Waals surface area contributed by atoms with Crippen LogP contribution < -0.4 is 4.74 Å².